The van der Waals surface area contributed by atoms with Gasteiger partial charge in [-0.1, -0.05) is 0 Å². The highest BCUT2D eigenvalue weighted by atomic mass is 16.1. The van der Waals surface area contributed by atoms with E-state index in [2.05, 4.69) is 9.97 Å². The van der Waals surface area contributed by atoms with Crippen LogP contribution in [0.1, 0.15) is 25.5 Å². The summed E-state index contributed by atoms with van der Waals surface area (Å²) in [5.74, 6) is 1.52. The van der Waals surface area contributed by atoms with Gasteiger partial charge in [-0.05, 0) is 31.9 Å². The number of allylic oxidation sites excluding steroid dienone is 2. The van der Waals surface area contributed by atoms with E-state index in [1.165, 1.54) is 5.57 Å². The van der Waals surface area contributed by atoms with Crippen molar-refractivity contribution < 1.29 is 0 Å². The van der Waals surface area contributed by atoms with Crippen molar-refractivity contribution in [3.63, 3.8) is 0 Å². The third-order valence-corrected chi connectivity index (χ3v) is 2.48. The van der Waals surface area contributed by atoms with Crippen LogP contribution in [0.2, 0.25) is 0 Å². The highest BCUT2D eigenvalue weighted by molar-refractivity contribution is 5.64. The number of fused-ring (bicyclic) bond motifs is 1. The van der Waals surface area contributed by atoms with Crippen LogP contribution in [0.5, 0.6) is 0 Å². The lowest BCUT2D eigenvalue weighted by atomic mass is 10.2. The van der Waals surface area contributed by atoms with Gasteiger partial charge in [0.2, 0.25) is 0 Å². The van der Waals surface area contributed by atoms with E-state index < -0.39 is 5.69 Å². The summed E-state index contributed by atoms with van der Waals surface area (Å²) >= 11 is 0. The minimum absolute atomic E-state index is 0.391. The second-order valence-electron chi connectivity index (χ2n) is 3.37. The molecule has 0 aromatic carbocycles. The molecule has 1 aliphatic heterocycles. The van der Waals surface area contributed by atoms with Crippen molar-refractivity contribution in [1.82, 2.24) is 14.5 Å². The molecular weight excluding hydrogens is 166 g/mol. The summed E-state index contributed by atoms with van der Waals surface area (Å²) in [5, 5.41) is 0. The molecule has 0 bridgehead atoms. The standard InChI is InChI=1S/C9H11N3O/c1-5-4-12-7(3)10-9(13)11-8(12)6(5)2/h4H2,1-3H3. The first-order chi connectivity index (χ1) is 6.09. The van der Waals surface area contributed by atoms with Crippen LogP contribution in [-0.2, 0) is 6.54 Å². The first kappa shape index (κ1) is 8.16. The van der Waals surface area contributed by atoms with E-state index in [1.54, 1.807) is 0 Å². The fourth-order valence-corrected chi connectivity index (χ4v) is 1.55. The largest absolute Gasteiger partial charge is 0.370 e. The Bertz CT molecular complexity index is 456. The average Bonchev–Trinajstić information content (AvgIpc) is 2.32. The Hall–Kier alpha value is -1.45. The molecule has 13 heavy (non-hydrogen) atoms. The molecule has 0 saturated heterocycles. The van der Waals surface area contributed by atoms with E-state index in [1.807, 2.05) is 25.3 Å². The zero-order chi connectivity index (χ0) is 9.59. The first-order valence-corrected chi connectivity index (χ1v) is 4.22. The number of nitrogens with zero attached hydrogens (tertiary/aromatic N) is 3. The van der Waals surface area contributed by atoms with Crippen LogP contribution >= 0.6 is 0 Å². The van der Waals surface area contributed by atoms with Crippen LogP contribution in [0.4, 0.5) is 0 Å². The lowest BCUT2D eigenvalue weighted by Crippen LogP contribution is -2.20. The van der Waals surface area contributed by atoms with E-state index >= 15 is 0 Å². The maximum atomic E-state index is 11.0. The highest BCUT2D eigenvalue weighted by Crippen LogP contribution is 2.24. The number of rotatable bonds is 0. The molecule has 0 radical (unpaired) electrons. The lowest BCUT2D eigenvalue weighted by molar-refractivity contribution is 0.695. The second kappa shape index (κ2) is 2.52. The van der Waals surface area contributed by atoms with Crippen LogP contribution in [0.3, 0.4) is 0 Å². The maximum absolute atomic E-state index is 11.0. The first-order valence-electron chi connectivity index (χ1n) is 4.22. The molecule has 1 aromatic heterocycles. The zero-order valence-corrected chi connectivity index (χ0v) is 7.96. The average molecular weight is 177 g/mol. The summed E-state index contributed by atoms with van der Waals surface area (Å²) in [7, 11) is 0. The fraction of sp³-hybridized carbons (Fsp3) is 0.444. The number of hydrogen-bond donors (Lipinski definition) is 0. The molecule has 0 saturated carbocycles. The SMILES string of the molecule is CC1=C(C)c2nc(=O)nc(C)n2C1. The van der Waals surface area contributed by atoms with E-state index in [4.69, 9.17) is 0 Å². The van der Waals surface area contributed by atoms with Crippen molar-refractivity contribution in [1.29, 1.82) is 0 Å². The Labute approximate surface area is 76.0 Å². The van der Waals surface area contributed by atoms with Gasteiger partial charge in [-0.25, -0.2) is 4.79 Å². The monoisotopic (exact) mass is 177 g/mol. The van der Waals surface area contributed by atoms with Gasteiger partial charge in [-0.15, -0.1) is 0 Å². The Morgan fingerprint density at radius 1 is 1.23 bits per heavy atom. The molecule has 0 N–H and O–H groups in total. The Kier molecular flexibility index (Phi) is 1.58. The van der Waals surface area contributed by atoms with Crippen molar-refractivity contribution >= 4 is 5.57 Å². The van der Waals surface area contributed by atoms with Gasteiger partial charge in [-0.2, -0.15) is 9.97 Å². The third-order valence-electron chi connectivity index (χ3n) is 2.48. The predicted octanol–water partition coefficient (Wildman–Crippen LogP) is 0.754. The summed E-state index contributed by atoms with van der Waals surface area (Å²) in [6, 6.07) is 0. The molecule has 1 aromatic rings. The van der Waals surface area contributed by atoms with E-state index in [0.29, 0.717) is 0 Å². The maximum Gasteiger partial charge on any atom is 0.370 e. The molecule has 0 spiro atoms. The molecular formula is C9H11N3O. The van der Waals surface area contributed by atoms with Gasteiger partial charge in [0.25, 0.3) is 0 Å². The predicted molar refractivity (Wildman–Crippen MR) is 49.3 cm³/mol. The minimum atomic E-state index is -0.391. The van der Waals surface area contributed by atoms with Crippen molar-refractivity contribution in [3.05, 3.63) is 27.7 Å². The van der Waals surface area contributed by atoms with Crippen LogP contribution in [-0.4, -0.2) is 14.5 Å². The van der Waals surface area contributed by atoms with E-state index in [0.717, 1.165) is 23.8 Å². The zero-order valence-electron chi connectivity index (χ0n) is 7.96. The van der Waals surface area contributed by atoms with Gasteiger partial charge in [0, 0.05) is 6.54 Å². The summed E-state index contributed by atoms with van der Waals surface area (Å²) in [6.45, 7) is 6.68. The van der Waals surface area contributed by atoms with Gasteiger partial charge in [0.15, 0.2) is 0 Å². The summed E-state index contributed by atoms with van der Waals surface area (Å²) in [4.78, 5) is 18.7. The summed E-state index contributed by atoms with van der Waals surface area (Å²) in [5.41, 5.74) is 1.96. The van der Waals surface area contributed by atoms with Gasteiger partial charge in [-0.3, -0.25) is 0 Å². The van der Waals surface area contributed by atoms with Gasteiger partial charge >= 0.3 is 5.69 Å². The van der Waals surface area contributed by atoms with E-state index in [-0.39, 0.29) is 0 Å². The molecule has 0 unspecified atom stereocenters. The van der Waals surface area contributed by atoms with Crippen LogP contribution in [0, 0.1) is 6.92 Å². The summed E-state index contributed by atoms with van der Waals surface area (Å²) in [6.07, 6.45) is 0. The van der Waals surface area contributed by atoms with Crippen molar-refractivity contribution in [2.45, 2.75) is 27.3 Å². The van der Waals surface area contributed by atoms with Crippen molar-refractivity contribution in [2.75, 3.05) is 0 Å². The molecule has 0 fully saturated rings. The lowest BCUT2D eigenvalue weighted by Gasteiger charge is -2.05. The van der Waals surface area contributed by atoms with Gasteiger partial charge in [0.05, 0.1) is 0 Å². The molecule has 2 heterocycles. The van der Waals surface area contributed by atoms with Crippen LogP contribution < -0.4 is 5.69 Å². The Morgan fingerprint density at radius 3 is 2.62 bits per heavy atom. The van der Waals surface area contributed by atoms with Crippen molar-refractivity contribution in [2.24, 2.45) is 0 Å². The molecule has 0 aliphatic carbocycles. The topological polar surface area (TPSA) is 47.8 Å². The molecule has 4 heteroatoms. The highest BCUT2D eigenvalue weighted by Gasteiger charge is 2.18. The molecule has 2 rings (SSSR count). The number of aromatic nitrogens is 3. The third kappa shape index (κ3) is 1.09. The molecule has 4 nitrogen and oxygen atoms in total. The smallest absolute Gasteiger partial charge is 0.310 e. The Morgan fingerprint density at radius 2 is 1.92 bits per heavy atom. The molecule has 0 atom stereocenters. The second-order valence-corrected chi connectivity index (χ2v) is 3.37. The molecule has 0 amide bonds. The number of hydrogen-bond acceptors (Lipinski definition) is 3. The van der Waals surface area contributed by atoms with Crippen molar-refractivity contribution in [3.8, 4) is 0 Å². The van der Waals surface area contributed by atoms with E-state index in [9.17, 15) is 4.79 Å². The normalized spacial score (nSPS) is 15.0. The number of aryl methyl sites for hydroxylation is 1. The molecule has 68 valence electrons. The van der Waals surface area contributed by atoms with Crippen LogP contribution in [0.15, 0.2) is 10.4 Å². The van der Waals surface area contributed by atoms with Gasteiger partial charge in [0.1, 0.15) is 11.6 Å². The fourth-order valence-electron chi connectivity index (χ4n) is 1.55. The quantitative estimate of drug-likeness (QED) is 0.587. The van der Waals surface area contributed by atoms with Crippen LogP contribution in [0.25, 0.3) is 5.57 Å². The summed E-state index contributed by atoms with van der Waals surface area (Å²) < 4.78 is 1.96. The molecule has 1 aliphatic rings. The van der Waals surface area contributed by atoms with Gasteiger partial charge < -0.3 is 4.57 Å². The Balaban J connectivity index is 2.74. The minimum Gasteiger partial charge on any atom is -0.310 e.